The van der Waals surface area contributed by atoms with Crippen LogP contribution in [0, 0.1) is 0 Å². The lowest BCUT2D eigenvalue weighted by Crippen LogP contribution is -2.50. The lowest BCUT2D eigenvalue weighted by Gasteiger charge is -2.36. The van der Waals surface area contributed by atoms with Crippen molar-refractivity contribution in [1.29, 1.82) is 0 Å². The number of benzene rings is 1. The van der Waals surface area contributed by atoms with Gasteiger partial charge < -0.3 is 20.3 Å². The Morgan fingerprint density at radius 2 is 2.04 bits per heavy atom. The van der Waals surface area contributed by atoms with Crippen LogP contribution in [0.2, 0.25) is 0 Å². The first-order valence-electron chi connectivity index (χ1n) is 9.83. The Morgan fingerprint density at radius 3 is 2.75 bits per heavy atom. The lowest BCUT2D eigenvalue weighted by molar-refractivity contribution is -0.120. The molecule has 7 nitrogen and oxygen atoms in total. The van der Waals surface area contributed by atoms with Crippen molar-refractivity contribution >= 4 is 35.8 Å². The molecule has 1 aromatic carbocycles. The highest BCUT2D eigenvalue weighted by Gasteiger charge is 2.41. The summed E-state index contributed by atoms with van der Waals surface area (Å²) < 4.78 is 6.03. The van der Waals surface area contributed by atoms with Crippen molar-refractivity contribution in [3.05, 3.63) is 35.9 Å². The highest BCUT2D eigenvalue weighted by Crippen LogP contribution is 2.24. The van der Waals surface area contributed by atoms with E-state index >= 15 is 0 Å². The van der Waals surface area contributed by atoms with Gasteiger partial charge in [-0.1, -0.05) is 37.3 Å². The van der Waals surface area contributed by atoms with Crippen LogP contribution >= 0.6 is 24.0 Å². The van der Waals surface area contributed by atoms with E-state index in [-0.39, 0.29) is 42.5 Å². The number of likely N-dealkylation sites (tertiary alicyclic amines) is 1. The molecule has 28 heavy (non-hydrogen) atoms. The van der Waals surface area contributed by atoms with Gasteiger partial charge >= 0.3 is 0 Å². The Hall–Kier alpha value is -1.39. The number of hydrogen-bond acceptors (Lipinski definition) is 4. The first-order valence-corrected chi connectivity index (χ1v) is 9.83. The maximum atomic E-state index is 11.9. The minimum Gasteiger partial charge on any atom is -0.373 e. The molecule has 2 heterocycles. The van der Waals surface area contributed by atoms with E-state index in [4.69, 9.17) is 4.74 Å². The van der Waals surface area contributed by atoms with E-state index in [0.29, 0.717) is 12.6 Å². The molecule has 2 fully saturated rings. The molecule has 3 rings (SSSR count). The molecule has 2 aliphatic rings. The molecule has 2 N–H and O–H groups in total. The smallest absolute Gasteiger partial charge is 0.239 e. The van der Waals surface area contributed by atoms with Crippen LogP contribution in [0.25, 0.3) is 0 Å². The number of halogens is 1. The number of amides is 1. The number of rotatable bonds is 6. The van der Waals surface area contributed by atoms with Crippen molar-refractivity contribution in [3.63, 3.8) is 0 Å². The van der Waals surface area contributed by atoms with Gasteiger partial charge in [-0.25, -0.2) is 0 Å². The molecule has 0 aliphatic carbocycles. The number of guanidine groups is 1. The van der Waals surface area contributed by atoms with Gasteiger partial charge in [-0.3, -0.25) is 14.7 Å². The zero-order valence-corrected chi connectivity index (χ0v) is 19.1. The Bertz CT molecular complexity index is 643. The number of aliphatic imine (C=N–C) groups is 1. The van der Waals surface area contributed by atoms with Crippen LogP contribution in [0.4, 0.5) is 0 Å². The van der Waals surface area contributed by atoms with Gasteiger partial charge in [0.15, 0.2) is 5.96 Å². The van der Waals surface area contributed by atoms with E-state index in [0.717, 1.165) is 45.2 Å². The average Bonchev–Trinajstić information content (AvgIpc) is 3.13. The first kappa shape index (κ1) is 22.9. The molecule has 0 aromatic heterocycles. The van der Waals surface area contributed by atoms with Gasteiger partial charge in [0.2, 0.25) is 5.91 Å². The fraction of sp³-hybridized carbons (Fsp3) is 0.600. The summed E-state index contributed by atoms with van der Waals surface area (Å²) in [6.07, 6.45) is 1.11. The molecule has 156 valence electrons. The Morgan fingerprint density at radius 1 is 1.25 bits per heavy atom. The van der Waals surface area contributed by atoms with Gasteiger partial charge in [0, 0.05) is 39.8 Å². The third-order valence-electron chi connectivity index (χ3n) is 5.14. The molecule has 1 amide bonds. The zero-order chi connectivity index (χ0) is 19.1. The molecular weight excluding hydrogens is 469 g/mol. The number of nitrogens with zero attached hydrogens (tertiary/aromatic N) is 3. The molecule has 8 heteroatoms. The van der Waals surface area contributed by atoms with Crippen molar-refractivity contribution in [2.24, 2.45) is 4.99 Å². The molecule has 0 saturated carbocycles. The molecule has 1 aromatic rings. The number of morpholine rings is 1. The van der Waals surface area contributed by atoms with Crippen LogP contribution in [-0.4, -0.2) is 80.2 Å². The van der Waals surface area contributed by atoms with E-state index in [1.54, 1.807) is 7.05 Å². The fourth-order valence-electron chi connectivity index (χ4n) is 3.76. The second-order valence-corrected chi connectivity index (χ2v) is 7.09. The monoisotopic (exact) mass is 501 g/mol. The molecule has 2 aliphatic heterocycles. The lowest BCUT2D eigenvalue weighted by atomic mass is 10.1. The largest absolute Gasteiger partial charge is 0.373 e. The molecule has 0 spiro atoms. The van der Waals surface area contributed by atoms with Crippen LogP contribution in [0.15, 0.2) is 35.3 Å². The SMILES string of the molecule is CCCNC(=O)CNC(=NC)N1CC2OCCN(Cc3ccccc3)C2C1.I. The van der Waals surface area contributed by atoms with Crippen LogP contribution in [0.3, 0.4) is 0 Å². The number of hydrogen-bond donors (Lipinski definition) is 2. The summed E-state index contributed by atoms with van der Waals surface area (Å²) in [4.78, 5) is 20.9. The highest BCUT2D eigenvalue weighted by atomic mass is 127. The second-order valence-electron chi connectivity index (χ2n) is 7.09. The third-order valence-corrected chi connectivity index (χ3v) is 5.14. The molecule has 2 saturated heterocycles. The Balaban J connectivity index is 0.00000280. The first-order chi connectivity index (χ1) is 13.2. The summed E-state index contributed by atoms with van der Waals surface area (Å²) in [6.45, 7) is 7.27. The maximum absolute atomic E-state index is 11.9. The van der Waals surface area contributed by atoms with Crippen LogP contribution < -0.4 is 10.6 Å². The summed E-state index contributed by atoms with van der Waals surface area (Å²) in [5, 5.41) is 6.06. The van der Waals surface area contributed by atoms with E-state index in [2.05, 4.69) is 55.8 Å². The van der Waals surface area contributed by atoms with Gasteiger partial charge in [0.25, 0.3) is 0 Å². The quantitative estimate of drug-likeness (QED) is 0.350. The van der Waals surface area contributed by atoms with Crippen molar-refractivity contribution in [1.82, 2.24) is 20.4 Å². The minimum atomic E-state index is -0.00318. The predicted octanol–water partition coefficient (Wildman–Crippen LogP) is 1.29. The molecule has 2 atom stereocenters. The van der Waals surface area contributed by atoms with Gasteiger partial charge in [-0.05, 0) is 12.0 Å². The normalized spacial score (nSPS) is 22.4. The van der Waals surface area contributed by atoms with E-state index in [1.165, 1.54) is 5.56 Å². The van der Waals surface area contributed by atoms with Crippen LogP contribution in [0.1, 0.15) is 18.9 Å². The van der Waals surface area contributed by atoms with Gasteiger partial charge in [-0.15, -0.1) is 24.0 Å². The minimum absolute atomic E-state index is 0. The molecular formula is C20H32IN5O2. The molecule has 2 unspecified atom stereocenters. The Kier molecular flexibility index (Phi) is 9.46. The summed E-state index contributed by atoms with van der Waals surface area (Å²) in [5.74, 6) is 0.760. The molecule has 0 radical (unpaired) electrons. The van der Waals surface area contributed by atoms with Crippen LogP contribution in [-0.2, 0) is 16.1 Å². The fourth-order valence-corrected chi connectivity index (χ4v) is 3.76. The van der Waals surface area contributed by atoms with Crippen molar-refractivity contribution in [2.45, 2.75) is 32.0 Å². The third kappa shape index (κ3) is 6.05. The number of carbonyl (C=O) groups excluding carboxylic acids is 1. The summed E-state index contributed by atoms with van der Waals surface area (Å²) in [6, 6.07) is 10.9. The summed E-state index contributed by atoms with van der Waals surface area (Å²) in [7, 11) is 1.76. The van der Waals surface area contributed by atoms with Crippen molar-refractivity contribution in [2.75, 3.05) is 46.4 Å². The average molecular weight is 501 g/mol. The van der Waals surface area contributed by atoms with E-state index in [1.807, 2.05) is 6.92 Å². The van der Waals surface area contributed by atoms with Crippen molar-refractivity contribution < 1.29 is 9.53 Å². The Labute approximate surface area is 184 Å². The highest BCUT2D eigenvalue weighted by molar-refractivity contribution is 14.0. The standard InChI is InChI=1S/C20H31N5O2.HI/c1-3-9-22-19(26)12-23-20(21-2)25-14-17-18(15-25)27-11-10-24(17)13-16-7-5-4-6-8-16;/h4-8,17-18H,3,9-15H2,1-2H3,(H,21,23)(H,22,26);1H. The molecule has 0 bridgehead atoms. The number of fused-ring (bicyclic) bond motifs is 1. The predicted molar refractivity (Wildman–Crippen MR) is 122 cm³/mol. The van der Waals surface area contributed by atoms with Crippen molar-refractivity contribution in [3.8, 4) is 0 Å². The maximum Gasteiger partial charge on any atom is 0.239 e. The summed E-state index contributed by atoms with van der Waals surface area (Å²) >= 11 is 0. The zero-order valence-electron chi connectivity index (χ0n) is 16.8. The van der Waals surface area contributed by atoms with Crippen LogP contribution in [0.5, 0.6) is 0 Å². The van der Waals surface area contributed by atoms with Gasteiger partial charge in [0.1, 0.15) is 0 Å². The topological polar surface area (TPSA) is 69.2 Å². The van der Waals surface area contributed by atoms with E-state index in [9.17, 15) is 4.79 Å². The van der Waals surface area contributed by atoms with E-state index < -0.39 is 0 Å². The number of carbonyl (C=O) groups is 1. The number of nitrogens with one attached hydrogen (secondary N) is 2. The number of ether oxygens (including phenoxy) is 1. The van der Waals surface area contributed by atoms with Gasteiger partial charge in [-0.2, -0.15) is 0 Å². The second kappa shape index (κ2) is 11.6. The summed E-state index contributed by atoms with van der Waals surface area (Å²) in [5.41, 5.74) is 1.33. The van der Waals surface area contributed by atoms with Gasteiger partial charge in [0.05, 0.1) is 25.3 Å².